The predicted molar refractivity (Wildman–Crippen MR) is 69.8 cm³/mol. The lowest BCUT2D eigenvalue weighted by Gasteiger charge is -2.09. The van der Waals surface area contributed by atoms with Crippen LogP contribution in [0.4, 0.5) is 4.39 Å². The van der Waals surface area contributed by atoms with Crippen molar-refractivity contribution in [2.45, 2.75) is 0 Å². The van der Waals surface area contributed by atoms with Gasteiger partial charge in [-0.15, -0.1) is 0 Å². The van der Waals surface area contributed by atoms with Crippen LogP contribution in [-0.2, 0) is 4.74 Å². The van der Waals surface area contributed by atoms with Crippen LogP contribution < -0.4 is 4.74 Å². The van der Waals surface area contributed by atoms with Gasteiger partial charge < -0.3 is 9.47 Å². The van der Waals surface area contributed by atoms with Gasteiger partial charge in [-0.25, -0.2) is 9.18 Å². The molecule has 0 spiro atoms. The number of rotatable bonds is 3. The number of carbonyl (C=O) groups is 1. The Kier molecular flexibility index (Phi) is 4.11. The Hall–Kier alpha value is -1.95. The van der Waals surface area contributed by atoms with E-state index in [0.717, 1.165) is 12.1 Å². The number of halogens is 2. The Bertz CT molecular complexity index is 619. The Balaban J connectivity index is 2.38. The summed E-state index contributed by atoms with van der Waals surface area (Å²) < 4.78 is 24.0. The van der Waals surface area contributed by atoms with E-state index in [1.807, 2.05) is 0 Å². The lowest BCUT2D eigenvalue weighted by Crippen LogP contribution is -2.04. The van der Waals surface area contributed by atoms with Gasteiger partial charge in [-0.2, -0.15) is 0 Å². The van der Waals surface area contributed by atoms with Crippen molar-refractivity contribution in [1.82, 2.24) is 4.98 Å². The Morgan fingerprint density at radius 1 is 1.32 bits per heavy atom. The maximum atomic E-state index is 13.2. The highest BCUT2D eigenvalue weighted by molar-refractivity contribution is 9.10. The lowest BCUT2D eigenvalue weighted by molar-refractivity contribution is 0.0598. The summed E-state index contributed by atoms with van der Waals surface area (Å²) in [6, 6.07) is 5.24. The smallest absolute Gasteiger partial charge is 0.341 e. The molecule has 0 aliphatic rings. The van der Waals surface area contributed by atoms with E-state index >= 15 is 0 Å². The SMILES string of the molecule is COC(=O)c1ccc(F)cc1Oc1cncc(Br)c1. The molecule has 0 fully saturated rings. The number of esters is 1. The second-order valence-corrected chi connectivity index (χ2v) is 4.49. The number of methoxy groups -OCH3 is 1. The minimum Gasteiger partial charge on any atom is -0.465 e. The van der Waals surface area contributed by atoms with E-state index in [-0.39, 0.29) is 11.3 Å². The first kappa shape index (κ1) is 13.5. The standard InChI is InChI=1S/C13H9BrFNO3/c1-18-13(17)11-3-2-9(15)5-12(11)19-10-4-8(14)6-16-7-10/h2-7H,1H3. The Labute approximate surface area is 117 Å². The number of aromatic nitrogens is 1. The van der Waals surface area contributed by atoms with Gasteiger partial charge >= 0.3 is 5.97 Å². The van der Waals surface area contributed by atoms with Gasteiger partial charge in [0.15, 0.2) is 0 Å². The van der Waals surface area contributed by atoms with Crippen molar-refractivity contribution in [3.8, 4) is 11.5 Å². The molecule has 2 rings (SSSR count). The van der Waals surface area contributed by atoms with Crippen LogP contribution in [0.1, 0.15) is 10.4 Å². The molecule has 0 aliphatic heterocycles. The molecule has 4 nitrogen and oxygen atoms in total. The summed E-state index contributed by atoms with van der Waals surface area (Å²) in [6.45, 7) is 0. The fourth-order valence-corrected chi connectivity index (χ4v) is 1.78. The molecule has 1 heterocycles. The molecule has 2 aromatic rings. The quantitative estimate of drug-likeness (QED) is 0.809. The number of hydrogen-bond acceptors (Lipinski definition) is 4. The van der Waals surface area contributed by atoms with Crippen LogP contribution in [0.3, 0.4) is 0 Å². The van der Waals surface area contributed by atoms with Gasteiger partial charge in [0.05, 0.1) is 13.3 Å². The topological polar surface area (TPSA) is 48.4 Å². The summed E-state index contributed by atoms with van der Waals surface area (Å²) in [5.41, 5.74) is 0.142. The summed E-state index contributed by atoms with van der Waals surface area (Å²) in [6.07, 6.45) is 3.04. The average molecular weight is 326 g/mol. The Morgan fingerprint density at radius 3 is 2.79 bits per heavy atom. The first-order chi connectivity index (χ1) is 9.10. The van der Waals surface area contributed by atoms with Crippen LogP contribution in [0.2, 0.25) is 0 Å². The first-order valence-corrected chi connectivity index (χ1v) is 6.05. The monoisotopic (exact) mass is 325 g/mol. The Morgan fingerprint density at radius 2 is 2.11 bits per heavy atom. The molecule has 98 valence electrons. The molecular weight excluding hydrogens is 317 g/mol. The zero-order valence-electron chi connectivity index (χ0n) is 9.89. The van der Waals surface area contributed by atoms with Gasteiger partial charge in [0.25, 0.3) is 0 Å². The van der Waals surface area contributed by atoms with Gasteiger partial charge in [0, 0.05) is 16.7 Å². The molecule has 19 heavy (non-hydrogen) atoms. The van der Waals surface area contributed by atoms with Crippen LogP contribution in [-0.4, -0.2) is 18.1 Å². The summed E-state index contributed by atoms with van der Waals surface area (Å²) in [5, 5.41) is 0. The molecule has 0 N–H and O–H groups in total. The molecule has 0 bridgehead atoms. The lowest BCUT2D eigenvalue weighted by atomic mass is 10.2. The number of ether oxygens (including phenoxy) is 2. The van der Waals surface area contributed by atoms with Crippen molar-refractivity contribution in [1.29, 1.82) is 0 Å². The molecule has 0 atom stereocenters. The second kappa shape index (κ2) is 5.79. The minimum absolute atomic E-state index is 0.0757. The van der Waals surface area contributed by atoms with Crippen molar-refractivity contribution < 1.29 is 18.7 Å². The number of benzene rings is 1. The third kappa shape index (κ3) is 3.29. The zero-order valence-corrected chi connectivity index (χ0v) is 11.5. The largest absolute Gasteiger partial charge is 0.465 e. The maximum Gasteiger partial charge on any atom is 0.341 e. The highest BCUT2D eigenvalue weighted by Crippen LogP contribution is 2.27. The highest BCUT2D eigenvalue weighted by atomic mass is 79.9. The number of pyridine rings is 1. The normalized spacial score (nSPS) is 10.1. The molecule has 0 saturated carbocycles. The maximum absolute atomic E-state index is 13.2. The second-order valence-electron chi connectivity index (χ2n) is 3.57. The number of nitrogens with zero attached hydrogens (tertiary/aromatic N) is 1. The van der Waals surface area contributed by atoms with E-state index in [4.69, 9.17) is 4.74 Å². The minimum atomic E-state index is -0.599. The van der Waals surface area contributed by atoms with E-state index < -0.39 is 11.8 Å². The number of carbonyl (C=O) groups excluding carboxylic acids is 1. The van der Waals surface area contributed by atoms with Gasteiger partial charge in [-0.3, -0.25) is 4.98 Å². The average Bonchev–Trinajstić information content (AvgIpc) is 2.38. The fraction of sp³-hybridized carbons (Fsp3) is 0.0769. The molecule has 0 amide bonds. The van der Waals surface area contributed by atoms with E-state index in [0.29, 0.717) is 10.2 Å². The van der Waals surface area contributed by atoms with E-state index in [2.05, 4.69) is 25.7 Å². The van der Waals surface area contributed by atoms with Crippen molar-refractivity contribution in [2.24, 2.45) is 0 Å². The van der Waals surface area contributed by atoms with Crippen LogP contribution >= 0.6 is 15.9 Å². The molecule has 0 radical (unpaired) electrons. The molecule has 1 aromatic carbocycles. The summed E-state index contributed by atoms with van der Waals surface area (Å²) >= 11 is 3.24. The van der Waals surface area contributed by atoms with Crippen molar-refractivity contribution in [3.05, 3.63) is 52.5 Å². The zero-order chi connectivity index (χ0) is 13.8. The van der Waals surface area contributed by atoms with Gasteiger partial charge in [-0.05, 0) is 34.1 Å². The van der Waals surface area contributed by atoms with E-state index in [9.17, 15) is 9.18 Å². The molecule has 0 unspecified atom stereocenters. The van der Waals surface area contributed by atoms with Crippen molar-refractivity contribution in [3.63, 3.8) is 0 Å². The molecule has 0 aliphatic carbocycles. The predicted octanol–water partition coefficient (Wildman–Crippen LogP) is 3.56. The van der Waals surface area contributed by atoms with Gasteiger partial charge in [0.2, 0.25) is 0 Å². The van der Waals surface area contributed by atoms with Gasteiger partial charge in [-0.1, -0.05) is 0 Å². The molecule has 0 saturated heterocycles. The summed E-state index contributed by atoms with van der Waals surface area (Å²) in [7, 11) is 1.25. The van der Waals surface area contributed by atoms with Crippen LogP contribution in [0, 0.1) is 5.82 Å². The van der Waals surface area contributed by atoms with Crippen LogP contribution in [0.15, 0.2) is 41.1 Å². The third-order valence-electron chi connectivity index (χ3n) is 2.26. The number of hydrogen-bond donors (Lipinski definition) is 0. The molecule has 1 aromatic heterocycles. The highest BCUT2D eigenvalue weighted by Gasteiger charge is 2.15. The molecular formula is C13H9BrFNO3. The van der Waals surface area contributed by atoms with Crippen molar-refractivity contribution >= 4 is 21.9 Å². The van der Waals surface area contributed by atoms with Crippen LogP contribution in [0.5, 0.6) is 11.5 Å². The summed E-state index contributed by atoms with van der Waals surface area (Å²) in [4.78, 5) is 15.5. The van der Waals surface area contributed by atoms with Gasteiger partial charge in [0.1, 0.15) is 22.9 Å². The molecule has 6 heteroatoms. The summed E-state index contributed by atoms with van der Waals surface area (Å²) in [5.74, 6) is -0.652. The van der Waals surface area contributed by atoms with Crippen LogP contribution in [0.25, 0.3) is 0 Å². The van der Waals surface area contributed by atoms with E-state index in [1.54, 1.807) is 12.3 Å². The van der Waals surface area contributed by atoms with E-state index in [1.165, 1.54) is 19.4 Å². The third-order valence-corrected chi connectivity index (χ3v) is 2.69. The fourth-order valence-electron chi connectivity index (χ4n) is 1.43. The first-order valence-electron chi connectivity index (χ1n) is 5.26. The van der Waals surface area contributed by atoms with Crippen molar-refractivity contribution in [2.75, 3.05) is 7.11 Å².